The van der Waals surface area contributed by atoms with Gasteiger partial charge in [0.05, 0.1) is 18.2 Å². The molecule has 8 amide bonds. The molecular weight excluding hydrogens is 1060 g/mol. The summed E-state index contributed by atoms with van der Waals surface area (Å²) in [6.07, 6.45) is -2.05. The Balaban J connectivity index is 1.57. The van der Waals surface area contributed by atoms with Gasteiger partial charge in [-0.1, -0.05) is 100 Å². The van der Waals surface area contributed by atoms with Gasteiger partial charge in [-0.2, -0.15) is 0 Å². The number of ether oxygens (including phenoxy) is 1. The summed E-state index contributed by atoms with van der Waals surface area (Å²) < 4.78 is 5.32. The summed E-state index contributed by atoms with van der Waals surface area (Å²) in [5, 5.41) is 52.6. The van der Waals surface area contributed by atoms with Crippen LogP contribution in [-0.2, 0) is 62.4 Å². The van der Waals surface area contributed by atoms with Gasteiger partial charge in [0.2, 0.25) is 41.4 Å². The van der Waals surface area contributed by atoms with E-state index in [1.165, 1.54) is 6.92 Å². The third kappa shape index (κ3) is 20.2. The first-order chi connectivity index (χ1) is 37.5. The number of hydrogen-bond acceptors (Lipinski definition) is 15. The van der Waals surface area contributed by atoms with E-state index >= 15 is 0 Å². The molecule has 0 aliphatic carbocycles. The molecule has 1 fully saturated rings. The largest absolute Gasteiger partial charge is 0.480 e. The molecule has 1 aliphatic rings. The Labute approximate surface area is 465 Å². The van der Waals surface area contributed by atoms with Crippen LogP contribution in [0.25, 0.3) is 10.9 Å². The van der Waals surface area contributed by atoms with Gasteiger partial charge in [0.25, 0.3) is 0 Å². The number of nitrogens with one attached hydrogen (secondary N) is 9. The molecule has 0 unspecified atom stereocenters. The number of aliphatic hydroxyl groups is 2. The Hall–Kier alpha value is -7.19. The zero-order chi connectivity index (χ0) is 57.8. The number of carboxylic acids is 1. The van der Waals surface area contributed by atoms with Crippen LogP contribution in [0.3, 0.4) is 0 Å². The minimum atomic E-state index is -1.83. The molecule has 10 atom stereocenters. The van der Waals surface area contributed by atoms with Crippen molar-refractivity contribution in [3.63, 3.8) is 0 Å². The zero-order valence-corrected chi connectivity index (χ0v) is 46.2. The molecule has 428 valence electrons. The maximum atomic E-state index is 14.9. The van der Waals surface area contributed by atoms with E-state index in [0.717, 1.165) is 45.0 Å². The number of rotatable bonds is 18. The van der Waals surface area contributed by atoms with Gasteiger partial charge in [-0.3, -0.25) is 33.6 Å². The van der Waals surface area contributed by atoms with Gasteiger partial charge >= 0.3 is 12.1 Å². The van der Waals surface area contributed by atoms with Gasteiger partial charge in [0.15, 0.2) is 6.04 Å². The normalized spacial score (nSPS) is 21.7. The van der Waals surface area contributed by atoms with E-state index in [9.17, 15) is 58.5 Å². The molecule has 14 N–H and O–H groups in total. The molecule has 1 aliphatic heterocycles. The topological polar surface area (TPSA) is 362 Å². The molecular formula is C54H72N10O13S2. The quantitative estimate of drug-likeness (QED) is 0.0485. The van der Waals surface area contributed by atoms with E-state index in [1.54, 1.807) is 93.7 Å². The van der Waals surface area contributed by atoms with Crippen LogP contribution < -0.4 is 48.3 Å². The van der Waals surface area contributed by atoms with Crippen LogP contribution in [0.2, 0.25) is 0 Å². The van der Waals surface area contributed by atoms with E-state index in [-0.39, 0.29) is 56.6 Å². The second kappa shape index (κ2) is 30.2. The van der Waals surface area contributed by atoms with Gasteiger partial charge in [-0.25, -0.2) is 9.59 Å². The number of carbonyl (C=O) groups excluding carboxylic acids is 8. The van der Waals surface area contributed by atoms with Crippen LogP contribution >= 0.6 is 21.6 Å². The highest BCUT2D eigenvalue weighted by Gasteiger charge is 2.37. The van der Waals surface area contributed by atoms with E-state index in [1.807, 2.05) is 18.2 Å². The fourth-order valence-corrected chi connectivity index (χ4v) is 10.6. The number of aliphatic carboxylic acids is 1. The lowest BCUT2D eigenvalue weighted by atomic mass is 10.0. The molecule has 79 heavy (non-hydrogen) atoms. The third-order valence-electron chi connectivity index (χ3n) is 12.4. The van der Waals surface area contributed by atoms with Crippen molar-refractivity contribution in [2.24, 2.45) is 5.73 Å². The Morgan fingerprint density at radius 3 is 1.94 bits per heavy atom. The number of carbonyl (C=O) groups is 9. The lowest BCUT2D eigenvalue weighted by Gasteiger charge is -2.29. The molecule has 4 aromatic rings. The summed E-state index contributed by atoms with van der Waals surface area (Å²) in [5.41, 5.74) is 8.28. The lowest BCUT2D eigenvalue weighted by molar-refractivity contribution is -0.145. The predicted molar refractivity (Wildman–Crippen MR) is 298 cm³/mol. The number of carboxylic acid groups (broad SMARTS) is 1. The molecule has 0 spiro atoms. The monoisotopic (exact) mass is 1130 g/mol. The smallest absolute Gasteiger partial charge is 0.407 e. The van der Waals surface area contributed by atoms with Crippen LogP contribution in [0.15, 0.2) is 91.1 Å². The number of aromatic nitrogens is 1. The van der Waals surface area contributed by atoms with Crippen LogP contribution in [0, 0.1) is 0 Å². The number of fused-ring (bicyclic) bond motifs is 1. The van der Waals surface area contributed by atoms with Crippen LogP contribution in [0.5, 0.6) is 0 Å². The van der Waals surface area contributed by atoms with E-state index < -0.39 is 120 Å². The summed E-state index contributed by atoms with van der Waals surface area (Å²) in [7, 11) is 1.87. The van der Waals surface area contributed by atoms with Crippen molar-refractivity contribution in [2.45, 2.75) is 139 Å². The lowest BCUT2D eigenvalue weighted by Crippen LogP contribution is -2.62. The van der Waals surface area contributed by atoms with Crippen molar-refractivity contribution in [2.75, 3.05) is 18.1 Å². The van der Waals surface area contributed by atoms with Crippen LogP contribution in [-0.4, -0.2) is 158 Å². The van der Waals surface area contributed by atoms with Crippen LogP contribution in [0.1, 0.15) is 70.6 Å². The minimum Gasteiger partial charge on any atom is -0.480 e. The SMILES string of the molecule is C[C@@H](O)[C@H](NC(=O)[C@@H]1CSSC[C@H](NC(=O)[C@H](N)Cc2ccccc2)C(=O)N[C@@H](Cc2ccccc2)C(=O)N[C@H](Cc2c[nH]c3ccccc23)C(=O)N[C@@H](CCCCNC(=O)OC(C)(C)C)C(=O)N[C@@H]([C@@H](C)O)C(=O)N1)C(=O)O. The highest BCUT2D eigenvalue weighted by Crippen LogP contribution is 2.25. The number of para-hydroxylation sites is 1. The Bertz CT molecular complexity index is 2730. The number of H-pyrrole nitrogens is 1. The second-order valence-corrected chi connectivity index (χ2v) is 22.7. The van der Waals surface area contributed by atoms with Gasteiger partial charge in [-0.05, 0) is 83.1 Å². The van der Waals surface area contributed by atoms with Crippen molar-refractivity contribution in [1.29, 1.82) is 0 Å². The first kappa shape index (κ1) is 62.7. The van der Waals surface area contributed by atoms with Crippen molar-refractivity contribution in [1.82, 2.24) is 47.5 Å². The number of alkyl carbamates (subject to hydrolysis) is 1. The third-order valence-corrected chi connectivity index (χ3v) is 14.9. The van der Waals surface area contributed by atoms with E-state index in [0.29, 0.717) is 11.1 Å². The average molecular weight is 1130 g/mol. The minimum absolute atomic E-state index is 0.0979. The van der Waals surface area contributed by atoms with Crippen molar-refractivity contribution >= 4 is 85.9 Å². The molecule has 1 aromatic heterocycles. The molecule has 5 rings (SSSR count). The van der Waals surface area contributed by atoms with Gasteiger partial charge in [0, 0.05) is 48.0 Å². The maximum absolute atomic E-state index is 14.9. The summed E-state index contributed by atoms with van der Waals surface area (Å²) >= 11 is 0. The summed E-state index contributed by atoms with van der Waals surface area (Å²) in [6.45, 7) is 7.53. The number of nitrogens with two attached hydrogens (primary N) is 1. The number of benzene rings is 3. The van der Waals surface area contributed by atoms with Crippen molar-refractivity contribution in [3.05, 3.63) is 108 Å². The van der Waals surface area contributed by atoms with Crippen molar-refractivity contribution in [3.8, 4) is 0 Å². The highest BCUT2D eigenvalue weighted by atomic mass is 33.1. The highest BCUT2D eigenvalue weighted by molar-refractivity contribution is 8.76. The van der Waals surface area contributed by atoms with Crippen molar-refractivity contribution < 1.29 is 63.2 Å². The van der Waals surface area contributed by atoms with E-state index in [4.69, 9.17) is 10.5 Å². The number of aliphatic hydroxyl groups excluding tert-OH is 2. The molecule has 25 heteroatoms. The Morgan fingerprint density at radius 2 is 1.30 bits per heavy atom. The molecule has 2 heterocycles. The van der Waals surface area contributed by atoms with E-state index in [2.05, 4.69) is 47.5 Å². The number of aromatic amines is 1. The first-order valence-corrected chi connectivity index (χ1v) is 28.3. The van der Waals surface area contributed by atoms with Crippen LogP contribution in [0.4, 0.5) is 4.79 Å². The molecule has 0 radical (unpaired) electrons. The number of unbranched alkanes of at least 4 members (excludes halogenated alkanes) is 1. The summed E-state index contributed by atoms with van der Waals surface area (Å²) in [6, 6.07) is 12.8. The summed E-state index contributed by atoms with van der Waals surface area (Å²) in [4.78, 5) is 128. The number of hydrogen-bond donors (Lipinski definition) is 13. The van der Waals surface area contributed by atoms with Gasteiger partial charge in [-0.15, -0.1) is 0 Å². The molecule has 0 saturated carbocycles. The van der Waals surface area contributed by atoms with Gasteiger partial charge < -0.3 is 73.3 Å². The zero-order valence-electron chi connectivity index (χ0n) is 44.6. The number of amides is 8. The molecule has 23 nitrogen and oxygen atoms in total. The predicted octanol–water partition coefficient (Wildman–Crippen LogP) is 0.853. The standard InChI is InChI=1S/C54H72N10O13S2/c1-30(65)43-51(73)62-42(50(72)64-44(31(2)66)52(74)75)29-79-78-28-41(61-45(67)36(55)24-32-16-8-6-9-17-32)49(71)59-39(25-33-18-10-7-11-19-33)47(69)60-40(26-34-27-57-37-21-13-12-20-35(34)37)48(70)58-38(46(68)63-43)22-14-15-23-56-53(76)77-54(3,4)5/h6-13,16-21,27,30-31,36,38-44,57,65-66H,14-15,22-26,28-29,55H2,1-5H3,(H,56,76)(H,58,70)(H,59,71)(H,60,69)(H,61,67)(H,62,73)(H,63,68)(H,64,72)(H,74,75)/t30-,31-,36-,38+,39+,40-,41+,42+,43+,44+/m1/s1. The maximum Gasteiger partial charge on any atom is 0.407 e. The molecule has 3 aromatic carbocycles. The first-order valence-electron chi connectivity index (χ1n) is 25.8. The van der Waals surface area contributed by atoms with Gasteiger partial charge in [0.1, 0.15) is 41.9 Å². The second-order valence-electron chi connectivity index (χ2n) is 20.1. The fourth-order valence-electron chi connectivity index (χ4n) is 8.25. The Kier molecular flexibility index (Phi) is 24.0. The fraction of sp³-hybridized carbons (Fsp3) is 0.463. The average Bonchev–Trinajstić information content (AvgIpc) is 3.82. The molecule has 0 bridgehead atoms. The molecule has 1 saturated heterocycles. The summed E-state index contributed by atoms with van der Waals surface area (Å²) in [5.74, 6) is -8.55. The Morgan fingerprint density at radius 1 is 0.722 bits per heavy atom.